The molecule has 5 heteroatoms. The van der Waals surface area contributed by atoms with Gasteiger partial charge in [-0.3, -0.25) is 10.5 Å². The predicted molar refractivity (Wildman–Crippen MR) is 28.0 cm³/mol. The van der Waals surface area contributed by atoms with Crippen molar-refractivity contribution < 1.29 is 20.1 Å². The second-order valence-electron chi connectivity index (χ2n) is 1.99. The molecule has 54 valence electrons. The maximum Gasteiger partial charge on any atom is 0.264 e. The number of rotatable bonds is 2. The second-order valence-corrected chi connectivity index (χ2v) is 1.99. The fraction of sp³-hybridized carbons (Fsp3) is 0.750. The monoisotopic (exact) mass is 135 g/mol. The van der Waals surface area contributed by atoms with Gasteiger partial charge in [-0.05, 0) is 6.92 Å². The SMILES string of the molecule is CC(N)(O)C(O)(O)C=O. The van der Waals surface area contributed by atoms with Crippen molar-refractivity contribution in [2.45, 2.75) is 18.4 Å². The van der Waals surface area contributed by atoms with Crippen LogP contribution in [-0.4, -0.2) is 33.1 Å². The molecule has 0 aliphatic rings. The zero-order chi connectivity index (χ0) is 7.71. The summed E-state index contributed by atoms with van der Waals surface area (Å²) >= 11 is 0. The molecular weight excluding hydrogens is 126 g/mol. The molecule has 0 amide bonds. The molecule has 1 atom stereocenters. The van der Waals surface area contributed by atoms with E-state index in [0.717, 1.165) is 6.92 Å². The Kier molecular flexibility index (Phi) is 1.92. The highest BCUT2D eigenvalue weighted by Crippen LogP contribution is 2.09. The summed E-state index contributed by atoms with van der Waals surface area (Å²) < 4.78 is 0. The van der Waals surface area contributed by atoms with E-state index in [2.05, 4.69) is 0 Å². The van der Waals surface area contributed by atoms with Gasteiger partial charge in [0.05, 0.1) is 0 Å². The Labute approximate surface area is 51.7 Å². The third-order valence-electron chi connectivity index (χ3n) is 0.909. The van der Waals surface area contributed by atoms with Crippen LogP contribution in [0.1, 0.15) is 6.92 Å². The third kappa shape index (κ3) is 1.72. The smallest absolute Gasteiger partial charge is 0.264 e. The van der Waals surface area contributed by atoms with Crippen LogP contribution in [0, 0.1) is 0 Å². The maximum atomic E-state index is 9.73. The summed E-state index contributed by atoms with van der Waals surface area (Å²) in [5.41, 5.74) is 2.44. The third-order valence-corrected chi connectivity index (χ3v) is 0.909. The van der Waals surface area contributed by atoms with Crippen molar-refractivity contribution in [3.63, 3.8) is 0 Å². The van der Waals surface area contributed by atoms with E-state index in [-0.39, 0.29) is 6.29 Å². The molecule has 5 N–H and O–H groups in total. The highest BCUT2D eigenvalue weighted by atomic mass is 16.5. The minimum atomic E-state index is -2.87. The first-order valence-corrected chi connectivity index (χ1v) is 2.23. The van der Waals surface area contributed by atoms with Gasteiger partial charge in [0, 0.05) is 0 Å². The molecule has 5 nitrogen and oxygen atoms in total. The Morgan fingerprint density at radius 2 is 1.78 bits per heavy atom. The molecule has 1 unspecified atom stereocenters. The van der Waals surface area contributed by atoms with Gasteiger partial charge in [-0.15, -0.1) is 0 Å². The van der Waals surface area contributed by atoms with Crippen molar-refractivity contribution in [3.8, 4) is 0 Å². The summed E-state index contributed by atoms with van der Waals surface area (Å²) in [5.74, 6) is -2.87. The largest absolute Gasteiger partial charge is 0.370 e. The van der Waals surface area contributed by atoms with Crippen LogP contribution in [0.4, 0.5) is 0 Å². The van der Waals surface area contributed by atoms with E-state index in [1.807, 2.05) is 0 Å². The first-order valence-electron chi connectivity index (χ1n) is 2.23. The normalized spacial score (nSPS) is 18.8. The second kappa shape index (κ2) is 2.03. The van der Waals surface area contributed by atoms with Crippen LogP contribution >= 0.6 is 0 Å². The number of hydrogen-bond donors (Lipinski definition) is 4. The minimum absolute atomic E-state index is 0.243. The molecule has 0 bridgehead atoms. The van der Waals surface area contributed by atoms with Crippen LogP contribution in [0.2, 0.25) is 0 Å². The molecule has 0 radical (unpaired) electrons. The molecule has 0 aromatic heterocycles. The molecule has 0 aliphatic carbocycles. The Morgan fingerprint density at radius 1 is 1.44 bits per heavy atom. The lowest BCUT2D eigenvalue weighted by Crippen LogP contribution is -2.59. The van der Waals surface area contributed by atoms with Gasteiger partial charge in [0.25, 0.3) is 5.79 Å². The van der Waals surface area contributed by atoms with E-state index >= 15 is 0 Å². The van der Waals surface area contributed by atoms with Crippen LogP contribution < -0.4 is 5.73 Å². The Bertz CT molecular complexity index is 114. The van der Waals surface area contributed by atoms with Gasteiger partial charge in [0.15, 0.2) is 12.0 Å². The van der Waals surface area contributed by atoms with Gasteiger partial charge < -0.3 is 15.3 Å². The van der Waals surface area contributed by atoms with Crippen molar-refractivity contribution in [1.82, 2.24) is 0 Å². The van der Waals surface area contributed by atoms with E-state index in [1.165, 1.54) is 0 Å². The quantitative estimate of drug-likeness (QED) is 0.248. The van der Waals surface area contributed by atoms with Crippen LogP contribution in [0.15, 0.2) is 0 Å². The Balaban J connectivity index is 4.32. The van der Waals surface area contributed by atoms with E-state index in [0.29, 0.717) is 0 Å². The molecule has 0 saturated heterocycles. The number of aldehydes is 1. The lowest BCUT2D eigenvalue weighted by Gasteiger charge is -2.27. The summed E-state index contributed by atoms with van der Waals surface area (Å²) in [7, 11) is 0. The van der Waals surface area contributed by atoms with Gasteiger partial charge in [0.1, 0.15) is 0 Å². The van der Waals surface area contributed by atoms with Crippen molar-refractivity contribution in [2.75, 3.05) is 0 Å². The van der Waals surface area contributed by atoms with Crippen molar-refractivity contribution >= 4 is 6.29 Å². The fourth-order valence-corrected chi connectivity index (χ4v) is 0.119. The van der Waals surface area contributed by atoms with Crippen LogP contribution in [0.5, 0.6) is 0 Å². The van der Waals surface area contributed by atoms with E-state index in [1.54, 1.807) is 0 Å². The number of carbonyl (C=O) groups is 1. The highest BCUT2D eigenvalue weighted by Gasteiger charge is 2.41. The fourth-order valence-electron chi connectivity index (χ4n) is 0.119. The molecule has 0 fully saturated rings. The summed E-state index contributed by atoms with van der Waals surface area (Å²) in [6.07, 6.45) is -0.243. The van der Waals surface area contributed by atoms with Crippen LogP contribution in [-0.2, 0) is 4.79 Å². The Morgan fingerprint density at radius 3 is 1.78 bits per heavy atom. The molecule has 0 spiro atoms. The van der Waals surface area contributed by atoms with Gasteiger partial charge in [-0.25, -0.2) is 0 Å². The van der Waals surface area contributed by atoms with Gasteiger partial charge in [0.2, 0.25) is 0 Å². The molecule has 0 aliphatic heterocycles. The summed E-state index contributed by atoms with van der Waals surface area (Å²) in [6, 6.07) is 0. The Hall–Kier alpha value is -0.490. The number of hydrogen-bond acceptors (Lipinski definition) is 5. The maximum absolute atomic E-state index is 9.73. The zero-order valence-corrected chi connectivity index (χ0v) is 4.90. The van der Waals surface area contributed by atoms with Gasteiger partial charge in [-0.1, -0.05) is 0 Å². The summed E-state index contributed by atoms with van der Waals surface area (Å²) in [4.78, 5) is 9.73. The van der Waals surface area contributed by atoms with E-state index in [4.69, 9.17) is 21.1 Å². The lowest BCUT2D eigenvalue weighted by atomic mass is 10.1. The predicted octanol–water partition coefficient (Wildman–Crippen LogP) is -2.47. The van der Waals surface area contributed by atoms with Gasteiger partial charge in [-0.2, -0.15) is 0 Å². The highest BCUT2D eigenvalue weighted by molar-refractivity contribution is 5.61. The molecule has 0 aromatic rings. The van der Waals surface area contributed by atoms with E-state index < -0.39 is 11.5 Å². The summed E-state index contributed by atoms with van der Waals surface area (Å²) in [6.45, 7) is 0.904. The number of carbonyl (C=O) groups excluding carboxylic acids is 1. The van der Waals surface area contributed by atoms with Gasteiger partial charge >= 0.3 is 0 Å². The molecule has 9 heavy (non-hydrogen) atoms. The van der Waals surface area contributed by atoms with Crippen molar-refractivity contribution in [2.24, 2.45) is 5.73 Å². The van der Waals surface area contributed by atoms with Crippen LogP contribution in [0.3, 0.4) is 0 Å². The number of aliphatic hydroxyl groups is 3. The van der Waals surface area contributed by atoms with Crippen LogP contribution in [0.25, 0.3) is 0 Å². The molecular formula is C4H9NO4. The first-order chi connectivity index (χ1) is 3.81. The van der Waals surface area contributed by atoms with E-state index in [9.17, 15) is 4.79 Å². The average molecular weight is 135 g/mol. The number of nitrogens with two attached hydrogens (primary N) is 1. The van der Waals surface area contributed by atoms with Crippen molar-refractivity contribution in [1.29, 1.82) is 0 Å². The topological polar surface area (TPSA) is 104 Å². The molecule has 0 heterocycles. The van der Waals surface area contributed by atoms with Crippen molar-refractivity contribution in [3.05, 3.63) is 0 Å². The first kappa shape index (κ1) is 8.51. The minimum Gasteiger partial charge on any atom is -0.370 e. The standard InChI is InChI=1S/C4H9NO4/c1-3(5,7)4(8,9)2-6/h2,7-9H,5H2,1H3. The zero-order valence-electron chi connectivity index (χ0n) is 4.90. The molecule has 0 rings (SSSR count). The summed E-state index contributed by atoms with van der Waals surface area (Å²) in [5, 5.41) is 25.5. The molecule has 0 aromatic carbocycles. The average Bonchev–Trinajstić information content (AvgIpc) is 1.64. The molecule has 0 saturated carbocycles. The lowest BCUT2D eigenvalue weighted by molar-refractivity contribution is -0.242.